The lowest BCUT2D eigenvalue weighted by Crippen LogP contribution is -2.46. The first-order chi connectivity index (χ1) is 22.3. The predicted molar refractivity (Wildman–Crippen MR) is 202 cm³/mol. The average molecular weight is 917 g/mol. The minimum atomic E-state index is 0.0257. The molecule has 0 spiro atoms. The van der Waals surface area contributed by atoms with Gasteiger partial charge in [0.25, 0.3) is 0 Å². The highest BCUT2D eigenvalue weighted by molar-refractivity contribution is 9.14. The van der Waals surface area contributed by atoms with Crippen molar-refractivity contribution >= 4 is 120 Å². The van der Waals surface area contributed by atoms with Crippen molar-refractivity contribution in [1.29, 1.82) is 0 Å². The zero-order chi connectivity index (χ0) is 32.2. The van der Waals surface area contributed by atoms with Crippen molar-refractivity contribution < 1.29 is 0 Å². The van der Waals surface area contributed by atoms with Crippen LogP contribution >= 0.6 is 86.4 Å². The lowest BCUT2D eigenvalue weighted by molar-refractivity contribution is 0.406. The monoisotopic (exact) mass is 913 g/mol. The Morgan fingerprint density at radius 3 is 2.22 bits per heavy atom. The summed E-state index contributed by atoms with van der Waals surface area (Å²) >= 11 is 18.2. The zero-order valence-corrected chi connectivity index (χ0v) is 32.8. The number of aromatic amines is 2. The van der Waals surface area contributed by atoms with E-state index in [0.29, 0.717) is 18.1 Å². The minimum Gasteiger partial charge on any atom is -0.356 e. The van der Waals surface area contributed by atoms with Crippen molar-refractivity contribution in [3.05, 3.63) is 68.1 Å². The maximum Gasteiger partial charge on any atom is 0.203 e. The quantitative estimate of drug-likeness (QED) is 0.0565. The van der Waals surface area contributed by atoms with E-state index in [9.17, 15) is 0 Å². The third kappa shape index (κ3) is 7.99. The van der Waals surface area contributed by atoms with Gasteiger partial charge in [-0.1, -0.05) is 0 Å². The summed E-state index contributed by atoms with van der Waals surface area (Å²) < 4.78 is 4.45. The van der Waals surface area contributed by atoms with Crippen LogP contribution in [0.25, 0.3) is 22.2 Å². The van der Waals surface area contributed by atoms with Gasteiger partial charge in [0.2, 0.25) is 17.5 Å². The van der Waals surface area contributed by atoms with Gasteiger partial charge in [0.05, 0.1) is 36.5 Å². The molecule has 17 heteroatoms. The van der Waals surface area contributed by atoms with Gasteiger partial charge >= 0.3 is 0 Å². The van der Waals surface area contributed by atoms with E-state index < -0.39 is 0 Å². The molecule has 2 atom stereocenters. The Bertz CT molecular complexity index is 1870. The van der Waals surface area contributed by atoms with Gasteiger partial charge < -0.3 is 31.2 Å². The molecule has 0 aliphatic rings. The Kier molecular flexibility index (Phi) is 11.4. The van der Waals surface area contributed by atoms with Gasteiger partial charge in [-0.2, -0.15) is 10.1 Å². The van der Waals surface area contributed by atoms with Crippen LogP contribution in [0.5, 0.6) is 0 Å². The summed E-state index contributed by atoms with van der Waals surface area (Å²) in [5, 5.41) is 22.9. The van der Waals surface area contributed by atoms with Gasteiger partial charge in [0.15, 0.2) is 0 Å². The van der Waals surface area contributed by atoms with Crippen LogP contribution in [-0.2, 0) is 13.1 Å². The molecule has 0 fully saturated rings. The fraction of sp³-hybridized carbons (Fsp3) is 0.345. The van der Waals surface area contributed by atoms with Crippen LogP contribution in [-0.4, -0.2) is 60.3 Å². The number of thiophene rings is 2. The molecule has 2 unspecified atom stereocenters. The van der Waals surface area contributed by atoms with E-state index in [2.05, 4.69) is 129 Å². The van der Waals surface area contributed by atoms with Crippen molar-refractivity contribution in [1.82, 2.24) is 45.8 Å². The van der Waals surface area contributed by atoms with E-state index in [-0.39, 0.29) is 12.1 Å². The topological polar surface area (TPSA) is 144 Å². The van der Waals surface area contributed by atoms with E-state index in [4.69, 9.17) is 4.98 Å². The number of halogens is 4. The van der Waals surface area contributed by atoms with Crippen LogP contribution in [0.4, 0.5) is 11.9 Å². The summed E-state index contributed by atoms with van der Waals surface area (Å²) in [5.74, 6) is 1.40. The normalized spacial score (nSPS) is 13.1. The number of hydrogen-bond donors (Lipinski definition) is 6. The Balaban J connectivity index is 1.21. The molecular weight excluding hydrogens is 886 g/mol. The van der Waals surface area contributed by atoms with Crippen molar-refractivity contribution in [3.8, 4) is 0 Å². The molecule has 6 aromatic rings. The molecule has 6 rings (SSSR count). The molecule has 0 bridgehead atoms. The van der Waals surface area contributed by atoms with Gasteiger partial charge in [0.1, 0.15) is 0 Å². The second-order valence-corrected chi connectivity index (χ2v) is 17.2. The number of rotatable bonds is 15. The molecule has 0 aromatic carbocycles. The van der Waals surface area contributed by atoms with Gasteiger partial charge in [0, 0.05) is 56.6 Å². The standard InChI is InChI=1S/C29H31Br4N11S2/c1-14-21(45-25(32)23(14)30)12-35-8-3-17(40-29-41-19-6-10-38-44-27(19)43-29)16(37-13-22-15(2)24(31)26(33)46-22)5-9-36-28-39-18-4-7-34-11-20(18)42-28/h4,6-7,10-11,16-17,35,37H,3,5,8-9,12-13H2,1-2H3,(H2,36,39,42)(H2,40,41,43,44). The summed E-state index contributed by atoms with van der Waals surface area (Å²) in [4.78, 5) is 22.8. The maximum atomic E-state index is 4.69. The van der Waals surface area contributed by atoms with Crippen LogP contribution < -0.4 is 21.3 Å². The Morgan fingerprint density at radius 2 is 1.52 bits per heavy atom. The Labute approximate surface area is 307 Å². The second kappa shape index (κ2) is 15.5. The molecule has 0 saturated carbocycles. The fourth-order valence-electron chi connectivity index (χ4n) is 5.14. The van der Waals surface area contributed by atoms with Crippen molar-refractivity contribution in [2.45, 2.75) is 51.9 Å². The third-order valence-electron chi connectivity index (χ3n) is 7.72. The molecule has 0 amide bonds. The van der Waals surface area contributed by atoms with Gasteiger partial charge in [-0.3, -0.25) is 4.98 Å². The number of imidazole rings is 2. The summed E-state index contributed by atoms with van der Waals surface area (Å²) in [5.41, 5.74) is 5.72. The van der Waals surface area contributed by atoms with Crippen molar-refractivity contribution in [3.63, 3.8) is 0 Å². The van der Waals surface area contributed by atoms with E-state index in [1.54, 1.807) is 41.3 Å². The molecule has 6 heterocycles. The van der Waals surface area contributed by atoms with E-state index in [0.717, 1.165) is 71.5 Å². The molecule has 6 N–H and O–H groups in total. The second-order valence-electron chi connectivity index (χ2n) is 10.7. The number of aromatic nitrogens is 7. The molecule has 242 valence electrons. The number of pyridine rings is 1. The van der Waals surface area contributed by atoms with E-state index >= 15 is 0 Å². The number of anilines is 2. The van der Waals surface area contributed by atoms with Crippen LogP contribution in [0.2, 0.25) is 0 Å². The predicted octanol–water partition coefficient (Wildman–Crippen LogP) is 8.04. The highest BCUT2D eigenvalue weighted by Gasteiger charge is 2.24. The summed E-state index contributed by atoms with van der Waals surface area (Å²) in [6.45, 7) is 7.33. The van der Waals surface area contributed by atoms with Gasteiger partial charge in [-0.25, -0.2) is 4.98 Å². The van der Waals surface area contributed by atoms with Crippen LogP contribution in [0.1, 0.15) is 33.7 Å². The van der Waals surface area contributed by atoms with Gasteiger partial charge in [-0.05, 0) is 120 Å². The summed E-state index contributed by atoms with van der Waals surface area (Å²) in [6.07, 6.45) is 6.88. The number of hydrogen-bond acceptors (Lipinski definition) is 11. The molecule has 0 saturated heterocycles. The van der Waals surface area contributed by atoms with E-state index in [1.807, 2.05) is 12.1 Å². The molecule has 0 radical (unpaired) electrons. The van der Waals surface area contributed by atoms with Crippen LogP contribution in [0.15, 0.2) is 47.2 Å². The summed E-state index contributed by atoms with van der Waals surface area (Å²) in [7, 11) is 0. The minimum absolute atomic E-state index is 0.0257. The molecular formula is C29H31Br4N11S2. The zero-order valence-electron chi connectivity index (χ0n) is 24.8. The van der Waals surface area contributed by atoms with E-state index in [1.165, 1.54) is 20.9 Å². The number of nitrogens with one attached hydrogen (secondary N) is 6. The number of fused-ring (bicyclic) bond motifs is 2. The molecule has 11 nitrogen and oxygen atoms in total. The molecule has 0 aliphatic heterocycles. The lowest BCUT2D eigenvalue weighted by atomic mass is 10.0. The van der Waals surface area contributed by atoms with Crippen molar-refractivity contribution in [2.24, 2.45) is 0 Å². The molecule has 6 aromatic heterocycles. The molecule has 0 aliphatic carbocycles. The smallest absolute Gasteiger partial charge is 0.203 e. The van der Waals surface area contributed by atoms with Gasteiger partial charge in [-0.15, -0.1) is 27.8 Å². The third-order valence-corrected chi connectivity index (χ3v) is 15.2. The van der Waals surface area contributed by atoms with Crippen LogP contribution in [0.3, 0.4) is 0 Å². The van der Waals surface area contributed by atoms with Crippen molar-refractivity contribution in [2.75, 3.05) is 23.7 Å². The fourth-order valence-corrected chi connectivity index (χ4v) is 9.89. The highest BCUT2D eigenvalue weighted by Crippen LogP contribution is 2.38. The Hall–Kier alpha value is -1.99. The Morgan fingerprint density at radius 1 is 0.804 bits per heavy atom. The lowest BCUT2D eigenvalue weighted by Gasteiger charge is -2.29. The first kappa shape index (κ1) is 33.9. The highest BCUT2D eigenvalue weighted by atomic mass is 79.9. The van der Waals surface area contributed by atoms with Crippen LogP contribution in [0, 0.1) is 13.8 Å². The SMILES string of the molecule is Cc1c(CNCCC(Nc2nc3nnccc3[nH]2)C(CCNc2nc3ccncc3[nH]2)NCc2sc(Br)c(Br)c2C)sc(Br)c1Br. The maximum absolute atomic E-state index is 4.69. The first-order valence-corrected chi connectivity index (χ1v) is 19.4. The molecule has 46 heavy (non-hydrogen) atoms. The first-order valence-electron chi connectivity index (χ1n) is 14.5. The largest absolute Gasteiger partial charge is 0.356 e. The summed E-state index contributed by atoms with van der Waals surface area (Å²) in [6, 6.07) is 3.89. The number of nitrogens with zero attached hydrogens (tertiary/aromatic N) is 5. The number of H-pyrrole nitrogens is 2. The average Bonchev–Trinajstić information content (AvgIpc) is 3.79.